The number of pyridine rings is 1. The molecule has 0 fully saturated rings. The van der Waals surface area contributed by atoms with E-state index in [4.69, 9.17) is 0 Å². The first-order valence-electron chi connectivity index (χ1n) is 19.0. The summed E-state index contributed by atoms with van der Waals surface area (Å²) in [5.41, 5.74) is -29.0. The number of hydrogen-bond acceptors (Lipinski definition) is 0. The van der Waals surface area contributed by atoms with E-state index >= 15 is 0 Å². The van der Waals surface area contributed by atoms with E-state index in [2.05, 4.69) is 53.7 Å². The molecule has 0 bridgehead atoms. The smallest absolute Gasteiger partial charge is 0.195 e. The van der Waals surface area contributed by atoms with Crippen LogP contribution in [0, 0.1) is 0 Å². The number of alkyl halides is 24. The van der Waals surface area contributed by atoms with E-state index in [1.54, 1.807) is 0 Å². The van der Waals surface area contributed by atoms with Gasteiger partial charge in [0.05, 0.1) is 44.5 Å². The van der Waals surface area contributed by atoms with Gasteiger partial charge in [-0.05, 0) is 42.5 Å². The molecule has 0 aliphatic heterocycles. The van der Waals surface area contributed by atoms with E-state index in [9.17, 15) is 105 Å². The third-order valence-corrected chi connectivity index (χ3v) is 10.6. The Morgan fingerprint density at radius 1 is 0.343 bits per heavy atom. The molecule has 0 amide bonds. The van der Waals surface area contributed by atoms with Crippen LogP contribution in [-0.4, -0.2) is 6.15 Å². The molecule has 1 aromatic heterocycles. The molecule has 0 N–H and O–H groups in total. The number of hydrogen-bond donors (Lipinski definition) is 0. The van der Waals surface area contributed by atoms with Crippen molar-refractivity contribution >= 4 is 38.9 Å². The van der Waals surface area contributed by atoms with Crippen LogP contribution < -0.4 is 26.4 Å². The Morgan fingerprint density at radius 3 is 0.800 bits per heavy atom. The number of rotatable bonds is 6. The summed E-state index contributed by atoms with van der Waals surface area (Å²) < 4.78 is 343. The molecule has 1 nitrogen and oxygen atoms in total. The fourth-order valence-electron chi connectivity index (χ4n) is 7.59. The molecule has 0 radical (unpaired) electrons. The largest absolute Gasteiger partial charge is 0.416 e. The van der Waals surface area contributed by atoms with Gasteiger partial charge in [0.15, 0.2) is 12.7 Å². The van der Waals surface area contributed by atoms with Crippen LogP contribution in [0.25, 0.3) is 10.9 Å². The first kappa shape index (κ1) is 54.6. The molecule has 0 unspecified atom stereocenters. The monoisotopic (exact) mass is 1030 g/mol. The third-order valence-electron chi connectivity index (χ3n) is 10.6. The minimum Gasteiger partial charge on any atom is -0.195 e. The highest BCUT2D eigenvalue weighted by Crippen LogP contribution is 2.41. The fraction of sp³-hybridized carbons (Fsp3) is 0.205. The summed E-state index contributed by atoms with van der Waals surface area (Å²) in [6.45, 7) is 4.60. The Morgan fingerprint density at radius 2 is 0.571 bits per heavy atom. The average Bonchev–Trinajstić information content (AvgIpc) is 3.21. The van der Waals surface area contributed by atoms with Gasteiger partial charge in [-0.15, -0.1) is 0 Å². The van der Waals surface area contributed by atoms with Crippen LogP contribution in [0.4, 0.5) is 105 Å². The first-order valence-corrected chi connectivity index (χ1v) is 19.0. The molecule has 6 rings (SSSR count). The van der Waals surface area contributed by atoms with Gasteiger partial charge in [0.25, 0.3) is 0 Å². The predicted octanol–water partition coefficient (Wildman–Crippen LogP) is 13.5. The van der Waals surface area contributed by atoms with Crippen LogP contribution in [0.2, 0.25) is 0 Å². The van der Waals surface area contributed by atoms with Crippen LogP contribution in [0.5, 0.6) is 0 Å². The van der Waals surface area contributed by atoms with Gasteiger partial charge in [-0.25, -0.2) is 0 Å². The number of aromatic nitrogens is 1. The number of halogens is 24. The maximum Gasteiger partial charge on any atom is 0.416 e. The number of nitrogens with zero attached hydrogens (tertiary/aromatic N) is 1. The summed E-state index contributed by atoms with van der Waals surface area (Å²) >= 11 is 0. The number of fused-ring (bicyclic) bond motifs is 1. The SMILES string of the molecule is C=CC[n+]1cccc2ccccc21.FC(F)(F)c1cc([B-](c2cc(C(F)(F)F)cc(C(F)(F)F)c2)(c2cc(C(F)(F)F)cc(C(F)(F)F)c2)c2cc(C(F)(F)F)cc(C(F)(F)F)c2)cc(C(F)(F)F)c1. The van der Waals surface area contributed by atoms with Gasteiger partial charge in [-0.2, -0.15) is 132 Å². The van der Waals surface area contributed by atoms with Crippen molar-refractivity contribution in [3.63, 3.8) is 0 Å². The van der Waals surface area contributed by atoms with E-state index < -0.39 is 195 Å². The molecule has 5 aromatic carbocycles. The molecule has 0 atom stereocenters. The molecule has 26 heteroatoms. The highest BCUT2D eigenvalue weighted by Gasteiger charge is 2.47. The van der Waals surface area contributed by atoms with E-state index in [-0.39, 0.29) is 0 Å². The average molecular weight is 1030 g/mol. The fourth-order valence-corrected chi connectivity index (χ4v) is 7.59. The minimum atomic E-state index is -6.13. The van der Waals surface area contributed by atoms with Gasteiger partial charge in [-0.3, -0.25) is 0 Å². The molecular formula is C44H24BF24N. The van der Waals surface area contributed by atoms with E-state index in [1.807, 2.05) is 6.08 Å². The predicted molar refractivity (Wildman–Crippen MR) is 204 cm³/mol. The van der Waals surface area contributed by atoms with Gasteiger partial charge in [0.2, 0.25) is 5.52 Å². The molecule has 6 aromatic rings. The number of benzene rings is 5. The molecule has 0 aliphatic carbocycles. The second-order valence-corrected chi connectivity index (χ2v) is 15.2. The molecule has 0 saturated carbocycles. The Balaban J connectivity index is 0.000000600. The lowest BCUT2D eigenvalue weighted by Crippen LogP contribution is -2.75. The first-order chi connectivity index (χ1) is 31.7. The van der Waals surface area contributed by atoms with Gasteiger partial charge < -0.3 is 0 Å². The molecule has 0 spiro atoms. The van der Waals surface area contributed by atoms with Crippen LogP contribution in [-0.2, 0) is 56.0 Å². The highest BCUT2D eigenvalue weighted by atomic mass is 19.4. The summed E-state index contributed by atoms with van der Waals surface area (Å²) in [4.78, 5) is 0. The topological polar surface area (TPSA) is 3.88 Å². The lowest BCUT2D eigenvalue weighted by molar-refractivity contribution is -0.660. The zero-order chi connectivity index (χ0) is 53.0. The van der Waals surface area contributed by atoms with Crippen LogP contribution in [0.15, 0.2) is 128 Å². The molecule has 376 valence electrons. The number of para-hydroxylation sites is 1. The third kappa shape index (κ3) is 12.0. The zero-order valence-corrected chi connectivity index (χ0v) is 34.1. The summed E-state index contributed by atoms with van der Waals surface area (Å²) in [5.74, 6) is 0. The molecular weight excluding hydrogens is 1010 g/mol. The van der Waals surface area contributed by atoms with Crippen LogP contribution >= 0.6 is 0 Å². The highest BCUT2D eigenvalue weighted by molar-refractivity contribution is 7.20. The molecule has 70 heavy (non-hydrogen) atoms. The summed E-state index contributed by atoms with van der Waals surface area (Å²) in [5, 5.41) is 1.27. The van der Waals surface area contributed by atoms with Crippen LogP contribution in [0.3, 0.4) is 0 Å². The summed E-state index contributed by atoms with van der Waals surface area (Å²) in [6, 6.07) is 3.73. The summed E-state index contributed by atoms with van der Waals surface area (Å²) in [7, 11) is 0. The quantitative estimate of drug-likeness (QED) is 0.0677. The van der Waals surface area contributed by atoms with Crippen molar-refractivity contribution in [3.05, 3.63) is 173 Å². The normalized spacial score (nSPS) is 13.5. The second kappa shape index (κ2) is 18.4. The summed E-state index contributed by atoms with van der Waals surface area (Å²) in [6.07, 6.45) is -50.8. The van der Waals surface area contributed by atoms with Crippen molar-refractivity contribution in [1.82, 2.24) is 0 Å². The van der Waals surface area contributed by atoms with Crippen molar-refractivity contribution < 1.29 is 110 Å². The Bertz CT molecular complexity index is 2430. The van der Waals surface area contributed by atoms with Crippen molar-refractivity contribution in [2.75, 3.05) is 0 Å². The van der Waals surface area contributed by atoms with Crippen molar-refractivity contribution in [1.29, 1.82) is 0 Å². The zero-order valence-electron chi connectivity index (χ0n) is 34.1. The van der Waals surface area contributed by atoms with Gasteiger partial charge in [-0.1, -0.05) is 67.2 Å². The molecule has 0 saturated heterocycles. The number of allylic oxidation sites excluding steroid dienone is 1. The van der Waals surface area contributed by atoms with Crippen molar-refractivity contribution in [3.8, 4) is 0 Å². The standard InChI is InChI=1S/C32H12BF24.C12H12N/c34-25(35,36)13-1-14(26(37,38)39)6-21(5-13)33(22-7-15(27(40,41)42)2-16(8-22)28(43,44)45,23-9-17(29(46,47)48)3-18(10-23)30(49,50)51)24-11-19(31(52,53)54)4-20(12-24)32(55,56)57;1-2-9-13-10-5-7-11-6-3-4-8-12(11)13/h1-12H;2-8,10H,1,9H2/q-1;+1. The van der Waals surface area contributed by atoms with E-state index in [1.165, 1.54) is 10.9 Å². The van der Waals surface area contributed by atoms with E-state index in [0.29, 0.717) is 0 Å². The molecule has 0 aliphatic rings. The Labute approximate surface area is 377 Å². The maximum atomic E-state index is 14.2. The minimum absolute atomic E-state index is 0.691. The van der Waals surface area contributed by atoms with Gasteiger partial charge in [0, 0.05) is 17.5 Å². The van der Waals surface area contributed by atoms with Crippen molar-refractivity contribution in [2.24, 2.45) is 0 Å². The van der Waals surface area contributed by atoms with Crippen molar-refractivity contribution in [2.45, 2.75) is 56.0 Å². The van der Waals surface area contributed by atoms with Gasteiger partial charge >= 0.3 is 49.4 Å². The lowest BCUT2D eigenvalue weighted by atomic mass is 9.12. The van der Waals surface area contributed by atoms with Gasteiger partial charge in [0.1, 0.15) is 6.15 Å². The molecule has 1 heterocycles. The second-order valence-electron chi connectivity index (χ2n) is 15.2. The lowest BCUT2D eigenvalue weighted by Gasteiger charge is -2.46. The Hall–Kier alpha value is -6.37. The Kier molecular flexibility index (Phi) is 14.4. The maximum absolute atomic E-state index is 14.2. The van der Waals surface area contributed by atoms with Crippen LogP contribution in [0.1, 0.15) is 44.5 Å². The van der Waals surface area contributed by atoms with E-state index in [0.717, 1.165) is 6.54 Å².